The number of thiophene rings is 1. The molecule has 0 saturated heterocycles. The predicted octanol–water partition coefficient (Wildman–Crippen LogP) is 1.55. The van der Waals surface area contributed by atoms with Crippen LogP contribution in [0.15, 0.2) is 35.7 Å². The van der Waals surface area contributed by atoms with E-state index >= 15 is 0 Å². The highest BCUT2D eigenvalue weighted by molar-refractivity contribution is 7.12. The van der Waals surface area contributed by atoms with Crippen molar-refractivity contribution in [3.63, 3.8) is 0 Å². The van der Waals surface area contributed by atoms with E-state index in [9.17, 15) is 19.2 Å². The number of hydrogen-bond donors (Lipinski definition) is 2. The molecule has 0 fully saturated rings. The van der Waals surface area contributed by atoms with Crippen LogP contribution in [0, 0.1) is 0 Å². The summed E-state index contributed by atoms with van der Waals surface area (Å²) in [7, 11) is 1.47. The minimum Gasteiger partial charge on any atom is -0.496 e. The van der Waals surface area contributed by atoms with Crippen molar-refractivity contribution in [2.75, 3.05) is 20.2 Å². The third kappa shape index (κ3) is 6.20. The van der Waals surface area contributed by atoms with Crippen molar-refractivity contribution < 1.29 is 28.7 Å². The molecule has 2 aromatic rings. The Kier molecular flexibility index (Phi) is 7.70. The number of Topliss-reactive ketones (excluding diaryl/α,β-unsaturated/α-hetero) is 1. The van der Waals surface area contributed by atoms with Gasteiger partial charge in [0.05, 0.1) is 18.5 Å². The van der Waals surface area contributed by atoms with Crippen molar-refractivity contribution in [3.05, 3.63) is 51.7 Å². The summed E-state index contributed by atoms with van der Waals surface area (Å²) in [4.78, 5) is 47.3. The van der Waals surface area contributed by atoms with Gasteiger partial charge in [-0.1, -0.05) is 6.07 Å². The van der Waals surface area contributed by atoms with E-state index in [4.69, 9.17) is 9.47 Å². The third-order valence-corrected chi connectivity index (χ3v) is 4.53. The number of carbonyl (C=O) groups excluding carboxylic acids is 4. The van der Waals surface area contributed by atoms with Gasteiger partial charge in [0.2, 0.25) is 5.91 Å². The number of rotatable bonds is 9. The molecule has 0 aliphatic carbocycles. The van der Waals surface area contributed by atoms with Crippen LogP contribution in [0.4, 0.5) is 0 Å². The number of carbonyl (C=O) groups is 4. The Bertz CT molecular complexity index is 863. The standard InChI is InChI=1S/C19H20N2O6S/c1-12(22)13-5-6-15(26-2)14(8-13)11-27-18(24)10-20-17(23)9-21-19(25)16-4-3-7-28-16/h3-8H,9-11H2,1-2H3,(H,20,23)(H,21,25). The van der Waals surface area contributed by atoms with Gasteiger partial charge in [0.1, 0.15) is 18.9 Å². The summed E-state index contributed by atoms with van der Waals surface area (Å²) in [5.41, 5.74) is 1.01. The average Bonchev–Trinajstić information content (AvgIpc) is 3.23. The van der Waals surface area contributed by atoms with E-state index in [2.05, 4.69) is 10.6 Å². The first-order chi connectivity index (χ1) is 13.4. The van der Waals surface area contributed by atoms with Crippen LogP contribution in [-0.2, 0) is 20.9 Å². The first-order valence-corrected chi connectivity index (χ1v) is 9.20. The van der Waals surface area contributed by atoms with Gasteiger partial charge >= 0.3 is 5.97 Å². The molecule has 0 radical (unpaired) electrons. The van der Waals surface area contributed by atoms with Crippen LogP contribution < -0.4 is 15.4 Å². The normalized spacial score (nSPS) is 10.1. The van der Waals surface area contributed by atoms with Crippen molar-refractivity contribution in [3.8, 4) is 5.75 Å². The number of methoxy groups -OCH3 is 1. The van der Waals surface area contributed by atoms with Gasteiger partial charge in [-0.3, -0.25) is 19.2 Å². The summed E-state index contributed by atoms with van der Waals surface area (Å²) in [6.07, 6.45) is 0. The van der Waals surface area contributed by atoms with Crippen LogP contribution in [0.2, 0.25) is 0 Å². The SMILES string of the molecule is COc1ccc(C(C)=O)cc1COC(=O)CNC(=O)CNC(=O)c1cccs1. The molecular weight excluding hydrogens is 384 g/mol. The highest BCUT2D eigenvalue weighted by atomic mass is 32.1. The molecule has 0 aliphatic heterocycles. The number of amides is 2. The second-order valence-electron chi connectivity index (χ2n) is 5.68. The quantitative estimate of drug-likeness (QED) is 0.485. The van der Waals surface area contributed by atoms with Crippen LogP contribution in [0.5, 0.6) is 5.75 Å². The number of benzene rings is 1. The maximum Gasteiger partial charge on any atom is 0.325 e. The molecule has 2 N–H and O–H groups in total. The fourth-order valence-electron chi connectivity index (χ4n) is 2.21. The first-order valence-electron chi connectivity index (χ1n) is 8.32. The third-order valence-electron chi connectivity index (χ3n) is 3.66. The maximum absolute atomic E-state index is 11.8. The van der Waals surface area contributed by atoms with E-state index < -0.39 is 11.9 Å². The molecule has 0 atom stereocenters. The summed E-state index contributed by atoms with van der Waals surface area (Å²) < 4.78 is 10.3. The molecule has 2 rings (SSSR count). The summed E-state index contributed by atoms with van der Waals surface area (Å²) >= 11 is 1.26. The van der Waals surface area contributed by atoms with Crippen molar-refractivity contribution >= 4 is 34.9 Å². The Morgan fingerprint density at radius 1 is 1.07 bits per heavy atom. The monoisotopic (exact) mass is 404 g/mol. The highest BCUT2D eigenvalue weighted by Gasteiger charge is 2.12. The molecule has 148 valence electrons. The van der Waals surface area contributed by atoms with Gasteiger partial charge in [-0.15, -0.1) is 11.3 Å². The van der Waals surface area contributed by atoms with Crippen molar-refractivity contribution in [1.82, 2.24) is 10.6 Å². The molecule has 0 unspecified atom stereocenters. The fourth-order valence-corrected chi connectivity index (χ4v) is 2.85. The molecule has 0 aliphatic rings. The van der Waals surface area contributed by atoms with E-state index in [0.29, 0.717) is 21.8 Å². The average molecular weight is 404 g/mol. The summed E-state index contributed by atoms with van der Waals surface area (Å²) in [6, 6.07) is 8.21. The van der Waals surface area contributed by atoms with Gasteiger partial charge in [0.25, 0.3) is 5.91 Å². The molecule has 0 saturated carbocycles. The summed E-state index contributed by atoms with van der Waals surface area (Å²) in [6.45, 7) is 0.736. The van der Waals surface area contributed by atoms with Crippen LogP contribution in [0.1, 0.15) is 32.5 Å². The van der Waals surface area contributed by atoms with E-state index in [-0.39, 0.29) is 31.4 Å². The Labute approximate surface area is 165 Å². The van der Waals surface area contributed by atoms with Crippen molar-refractivity contribution in [2.24, 2.45) is 0 Å². The second-order valence-corrected chi connectivity index (χ2v) is 6.63. The van der Waals surface area contributed by atoms with Crippen LogP contribution in [-0.4, -0.2) is 43.8 Å². The van der Waals surface area contributed by atoms with Crippen LogP contribution in [0.3, 0.4) is 0 Å². The molecule has 1 aromatic carbocycles. The second kappa shape index (κ2) is 10.2. The van der Waals surface area contributed by atoms with Gasteiger partial charge in [0, 0.05) is 11.1 Å². The van der Waals surface area contributed by atoms with Crippen LogP contribution in [0.25, 0.3) is 0 Å². The minimum absolute atomic E-state index is 0.103. The van der Waals surface area contributed by atoms with Crippen molar-refractivity contribution in [1.29, 1.82) is 0 Å². The van der Waals surface area contributed by atoms with Gasteiger partial charge in [0.15, 0.2) is 5.78 Å². The smallest absolute Gasteiger partial charge is 0.325 e. The topological polar surface area (TPSA) is 111 Å². The Hall–Kier alpha value is -3.20. The van der Waals surface area contributed by atoms with Gasteiger partial charge in [-0.05, 0) is 36.6 Å². The molecule has 28 heavy (non-hydrogen) atoms. The van der Waals surface area contributed by atoms with E-state index in [1.165, 1.54) is 25.4 Å². The number of ether oxygens (including phenoxy) is 2. The van der Waals surface area contributed by atoms with E-state index in [0.717, 1.165) is 0 Å². The number of ketones is 1. The maximum atomic E-state index is 11.8. The molecule has 8 nitrogen and oxygen atoms in total. The molecule has 1 heterocycles. The number of esters is 1. The van der Waals surface area contributed by atoms with Gasteiger partial charge < -0.3 is 20.1 Å². The van der Waals surface area contributed by atoms with Crippen LogP contribution >= 0.6 is 11.3 Å². The molecular formula is C19H20N2O6S. The van der Waals surface area contributed by atoms with Gasteiger partial charge in [-0.2, -0.15) is 0 Å². The summed E-state index contributed by atoms with van der Waals surface area (Å²) in [5.74, 6) is -1.17. The predicted molar refractivity (Wildman–Crippen MR) is 102 cm³/mol. The number of hydrogen-bond acceptors (Lipinski definition) is 7. The molecule has 0 spiro atoms. The zero-order chi connectivity index (χ0) is 20.5. The fraction of sp³-hybridized carbons (Fsp3) is 0.263. The largest absolute Gasteiger partial charge is 0.496 e. The Morgan fingerprint density at radius 3 is 2.50 bits per heavy atom. The minimum atomic E-state index is -0.659. The lowest BCUT2D eigenvalue weighted by molar-refractivity contribution is -0.145. The lowest BCUT2D eigenvalue weighted by Gasteiger charge is -2.11. The number of nitrogens with one attached hydrogen (secondary N) is 2. The first kappa shape index (κ1) is 21.1. The van der Waals surface area contributed by atoms with E-state index in [1.54, 1.807) is 35.7 Å². The summed E-state index contributed by atoms with van der Waals surface area (Å²) in [5, 5.41) is 6.58. The molecule has 9 heteroatoms. The Balaban J connectivity index is 1.76. The Morgan fingerprint density at radius 2 is 1.86 bits per heavy atom. The zero-order valence-corrected chi connectivity index (χ0v) is 16.3. The molecule has 0 bridgehead atoms. The van der Waals surface area contributed by atoms with E-state index in [1.807, 2.05) is 0 Å². The zero-order valence-electron chi connectivity index (χ0n) is 15.4. The molecule has 2 amide bonds. The van der Waals surface area contributed by atoms with Crippen molar-refractivity contribution in [2.45, 2.75) is 13.5 Å². The lowest BCUT2D eigenvalue weighted by atomic mass is 10.1. The van der Waals surface area contributed by atoms with Gasteiger partial charge in [-0.25, -0.2) is 0 Å². The molecule has 1 aromatic heterocycles. The highest BCUT2D eigenvalue weighted by Crippen LogP contribution is 2.21. The lowest BCUT2D eigenvalue weighted by Crippen LogP contribution is -2.39.